The van der Waals surface area contributed by atoms with E-state index in [0.717, 1.165) is 31.7 Å². The summed E-state index contributed by atoms with van der Waals surface area (Å²) in [6, 6.07) is 12.9. The summed E-state index contributed by atoms with van der Waals surface area (Å²) in [4.78, 5) is 16.7. The molecule has 21 heavy (non-hydrogen) atoms. The second-order valence-electron chi connectivity index (χ2n) is 5.43. The second kappa shape index (κ2) is 6.41. The van der Waals surface area contributed by atoms with Crippen LogP contribution in [0.25, 0.3) is 0 Å². The maximum absolute atomic E-state index is 12.3. The molecule has 1 saturated heterocycles. The number of hydrogen-bond donors (Lipinski definition) is 0. The van der Waals surface area contributed by atoms with Crippen molar-refractivity contribution in [2.24, 2.45) is 0 Å². The number of thiophene rings is 1. The Labute approximate surface area is 129 Å². The van der Waals surface area contributed by atoms with Gasteiger partial charge in [-0.15, -0.1) is 0 Å². The van der Waals surface area contributed by atoms with Crippen LogP contribution in [0, 0.1) is 0 Å². The summed E-state index contributed by atoms with van der Waals surface area (Å²) in [5, 5.41) is 3.89. The molecule has 0 spiro atoms. The van der Waals surface area contributed by atoms with Crippen molar-refractivity contribution in [2.45, 2.75) is 13.0 Å². The highest BCUT2D eigenvalue weighted by Gasteiger charge is 2.25. The van der Waals surface area contributed by atoms with Gasteiger partial charge in [0.15, 0.2) is 0 Å². The Balaban J connectivity index is 1.59. The molecule has 4 heteroatoms. The van der Waals surface area contributed by atoms with Crippen molar-refractivity contribution in [1.29, 1.82) is 0 Å². The summed E-state index contributed by atoms with van der Waals surface area (Å²) in [6.45, 7) is 5.74. The van der Waals surface area contributed by atoms with Crippen LogP contribution in [0.3, 0.4) is 0 Å². The predicted molar refractivity (Wildman–Crippen MR) is 86.7 cm³/mol. The summed E-state index contributed by atoms with van der Waals surface area (Å²) in [5.74, 6) is 0.170. The van der Waals surface area contributed by atoms with E-state index in [2.05, 4.69) is 36.1 Å². The predicted octanol–water partition coefficient (Wildman–Crippen LogP) is 3.27. The first-order chi connectivity index (χ1) is 10.3. The summed E-state index contributed by atoms with van der Waals surface area (Å²) in [7, 11) is 0. The zero-order chi connectivity index (χ0) is 14.7. The number of benzene rings is 1. The van der Waals surface area contributed by atoms with Gasteiger partial charge in [0.2, 0.25) is 0 Å². The van der Waals surface area contributed by atoms with Crippen molar-refractivity contribution in [2.75, 3.05) is 26.2 Å². The normalized spacial score (nSPS) is 17.7. The Morgan fingerprint density at radius 1 is 1.10 bits per heavy atom. The molecular formula is C17H20N2OS. The lowest BCUT2D eigenvalue weighted by Gasteiger charge is -2.38. The van der Waals surface area contributed by atoms with E-state index in [0.29, 0.717) is 6.04 Å². The average Bonchev–Trinajstić information content (AvgIpc) is 3.09. The van der Waals surface area contributed by atoms with Crippen LogP contribution in [0.5, 0.6) is 0 Å². The number of piperazine rings is 1. The van der Waals surface area contributed by atoms with E-state index in [-0.39, 0.29) is 5.91 Å². The zero-order valence-corrected chi connectivity index (χ0v) is 13.1. The minimum atomic E-state index is 0.170. The Morgan fingerprint density at radius 3 is 2.43 bits per heavy atom. The van der Waals surface area contributed by atoms with Gasteiger partial charge in [-0.05, 0) is 23.9 Å². The number of nitrogens with zero attached hydrogens (tertiary/aromatic N) is 2. The SMILES string of the molecule is CC(c1ccccc1)N1CCN(C(=O)c2ccsc2)CC1. The van der Waals surface area contributed by atoms with Crippen LogP contribution in [0.2, 0.25) is 0 Å². The first-order valence-corrected chi connectivity index (χ1v) is 8.30. The van der Waals surface area contributed by atoms with Gasteiger partial charge < -0.3 is 4.90 Å². The minimum absolute atomic E-state index is 0.170. The monoisotopic (exact) mass is 300 g/mol. The Bertz CT molecular complexity index is 574. The molecule has 1 amide bonds. The maximum Gasteiger partial charge on any atom is 0.254 e. The fourth-order valence-electron chi connectivity index (χ4n) is 2.82. The molecule has 0 N–H and O–H groups in total. The van der Waals surface area contributed by atoms with Gasteiger partial charge >= 0.3 is 0 Å². The molecule has 1 aromatic heterocycles. The van der Waals surface area contributed by atoms with Crippen LogP contribution < -0.4 is 0 Å². The average molecular weight is 300 g/mol. The largest absolute Gasteiger partial charge is 0.336 e. The van der Waals surface area contributed by atoms with E-state index < -0.39 is 0 Å². The highest BCUT2D eigenvalue weighted by molar-refractivity contribution is 7.08. The Hall–Kier alpha value is -1.65. The molecule has 1 fully saturated rings. The number of amides is 1. The lowest BCUT2D eigenvalue weighted by atomic mass is 10.1. The molecular weight excluding hydrogens is 280 g/mol. The summed E-state index contributed by atoms with van der Waals surface area (Å²) >= 11 is 1.58. The van der Waals surface area contributed by atoms with Crippen molar-refractivity contribution in [3.8, 4) is 0 Å². The van der Waals surface area contributed by atoms with Crippen LogP contribution in [0.1, 0.15) is 28.9 Å². The third kappa shape index (κ3) is 3.17. The lowest BCUT2D eigenvalue weighted by Crippen LogP contribution is -2.49. The minimum Gasteiger partial charge on any atom is -0.336 e. The van der Waals surface area contributed by atoms with E-state index in [1.165, 1.54) is 5.56 Å². The highest BCUT2D eigenvalue weighted by atomic mass is 32.1. The van der Waals surface area contributed by atoms with Crippen LogP contribution in [0.15, 0.2) is 47.2 Å². The van der Waals surface area contributed by atoms with Crippen LogP contribution in [-0.4, -0.2) is 41.9 Å². The number of carbonyl (C=O) groups is 1. The van der Waals surface area contributed by atoms with Gasteiger partial charge in [0.05, 0.1) is 5.56 Å². The Morgan fingerprint density at radius 2 is 1.81 bits per heavy atom. The summed E-state index contributed by atoms with van der Waals surface area (Å²) < 4.78 is 0. The van der Waals surface area contributed by atoms with Crippen molar-refractivity contribution < 1.29 is 4.79 Å². The third-order valence-electron chi connectivity index (χ3n) is 4.20. The molecule has 2 heterocycles. The van der Waals surface area contributed by atoms with Gasteiger partial charge in [0.25, 0.3) is 5.91 Å². The zero-order valence-electron chi connectivity index (χ0n) is 12.2. The molecule has 3 rings (SSSR count). The standard InChI is InChI=1S/C17H20N2OS/c1-14(15-5-3-2-4-6-15)18-8-10-19(11-9-18)17(20)16-7-12-21-13-16/h2-7,12-14H,8-11H2,1H3. The first kappa shape index (κ1) is 14.3. The van der Waals surface area contributed by atoms with E-state index in [1.807, 2.05) is 27.8 Å². The van der Waals surface area contributed by atoms with Gasteiger partial charge in [-0.25, -0.2) is 0 Å². The van der Waals surface area contributed by atoms with Gasteiger partial charge in [0.1, 0.15) is 0 Å². The molecule has 1 aromatic carbocycles. The number of carbonyl (C=O) groups excluding carboxylic acids is 1. The second-order valence-corrected chi connectivity index (χ2v) is 6.21. The molecule has 0 saturated carbocycles. The van der Waals surface area contributed by atoms with Crippen LogP contribution in [-0.2, 0) is 0 Å². The van der Waals surface area contributed by atoms with Gasteiger partial charge in [-0.1, -0.05) is 30.3 Å². The fraction of sp³-hybridized carbons (Fsp3) is 0.353. The van der Waals surface area contributed by atoms with Crippen molar-refractivity contribution in [1.82, 2.24) is 9.80 Å². The van der Waals surface area contributed by atoms with E-state index in [4.69, 9.17) is 0 Å². The molecule has 3 nitrogen and oxygen atoms in total. The molecule has 1 aliphatic rings. The van der Waals surface area contributed by atoms with E-state index in [9.17, 15) is 4.79 Å². The lowest BCUT2D eigenvalue weighted by molar-refractivity contribution is 0.0582. The van der Waals surface area contributed by atoms with Crippen molar-refractivity contribution >= 4 is 17.2 Å². The number of rotatable bonds is 3. The molecule has 0 bridgehead atoms. The van der Waals surface area contributed by atoms with Gasteiger partial charge in [-0.3, -0.25) is 9.69 Å². The topological polar surface area (TPSA) is 23.6 Å². The molecule has 2 aromatic rings. The third-order valence-corrected chi connectivity index (χ3v) is 4.88. The van der Waals surface area contributed by atoms with Crippen molar-refractivity contribution in [3.05, 3.63) is 58.3 Å². The van der Waals surface area contributed by atoms with Crippen LogP contribution in [0.4, 0.5) is 0 Å². The maximum atomic E-state index is 12.3. The van der Waals surface area contributed by atoms with Gasteiger partial charge in [-0.2, -0.15) is 11.3 Å². The molecule has 1 aliphatic heterocycles. The molecule has 0 radical (unpaired) electrons. The summed E-state index contributed by atoms with van der Waals surface area (Å²) in [5.41, 5.74) is 2.17. The fourth-order valence-corrected chi connectivity index (χ4v) is 3.45. The van der Waals surface area contributed by atoms with Gasteiger partial charge in [0, 0.05) is 37.6 Å². The van der Waals surface area contributed by atoms with E-state index >= 15 is 0 Å². The summed E-state index contributed by atoms with van der Waals surface area (Å²) in [6.07, 6.45) is 0. The molecule has 110 valence electrons. The van der Waals surface area contributed by atoms with E-state index in [1.54, 1.807) is 11.3 Å². The quantitative estimate of drug-likeness (QED) is 0.868. The smallest absolute Gasteiger partial charge is 0.254 e. The van der Waals surface area contributed by atoms with Crippen LogP contribution >= 0.6 is 11.3 Å². The molecule has 1 atom stereocenters. The highest BCUT2D eigenvalue weighted by Crippen LogP contribution is 2.22. The Kier molecular flexibility index (Phi) is 4.36. The molecule has 1 unspecified atom stereocenters. The number of hydrogen-bond acceptors (Lipinski definition) is 3. The van der Waals surface area contributed by atoms with Crippen molar-refractivity contribution in [3.63, 3.8) is 0 Å². The molecule has 0 aliphatic carbocycles. The first-order valence-electron chi connectivity index (χ1n) is 7.36.